The van der Waals surface area contributed by atoms with E-state index in [1.807, 2.05) is 30.3 Å². The van der Waals surface area contributed by atoms with Crippen molar-refractivity contribution in [2.75, 3.05) is 31.6 Å². The monoisotopic (exact) mass is 450 g/mol. The van der Waals surface area contributed by atoms with Gasteiger partial charge in [0.1, 0.15) is 25.8 Å². The van der Waals surface area contributed by atoms with Gasteiger partial charge in [-0.05, 0) is 37.1 Å². The van der Waals surface area contributed by atoms with E-state index >= 15 is 0 Å². The summed E-state index contributed by atoms with van der Waals surface area (Å²) >= 11 is 0. The number of ether oxygens (including phenoxy) is 2. The number of imide groups is 1. The molecule has 5 rings (SSSR count). The maximum atomic E-state index is 13.4. The summed E-state index contributed by atoms with van der Waals surface area (Å²) in [6, 6.07) is 13.3. The van der Waals surface area contributed by atoms with Gasteiger partial charge in [-0.3, -0.25) is 14.5 Å². The first-order valence-corrected chi connectivity index (χ1v) is 11.2. The number of fused-ring (bicyclic) bond motifs is 2. The lowest BCUT2D eigenvalue weighted by Gasteiger charge is -2.46. The van der Waals surface area contributed by atoms with Gasteiger partial charge in [-0.1, -0.05) is 30.3 Å². The average Bonchev–Trinajstić information content (AvgIpc) is 2.85. The molecule has 2 aromatic carbocycles. The molecule has 4 amide bonds. The van der Waals surface area contributed by atoms with Crippen molar-refractivity contribution < 1.29 is 23.9 Å². The Morgan fingerprint density at radius 2 is 1.85 bits per heavy atom. The van der Waals surface area contributed by atoms with Crippen LogP contribution in [0.25, 0.3) is 0 Å². The third kappa shape index (κ3) is 4.36. The molecule has 0 aliphatic carbocycles. The van der Waals surface area contributed by atoms with Crippen LogP contribution in [0.15, 0.2) is 48.5 Å². The molecule has 172 valence electrons. The molecule has 3 aliphatic rings. The highest BCUT2D eigenvalue weighted by molar-refractivity contribution is 6.03. The van der Waals surface area contributed by atoms with E-state index in [1.54, 1.807) is 18.2 Å². The Morgan fingerprint density at radius 1 is 1.06 bits per heavy atom. The number of benzene rings is 2. The van der Waals surface area contributed by atoms with Crippen LogP contribution >= 0.6 is 0 Å². The quantitative estimate of drug-likeness (QED) is 0.723. The van der Waals surface area contributed by atoms with E-state index in [9.17, 15) is 14.4 Å². The van der Waals surface area contributed by atoms with E-state index in [0.29, 0.717) is 43.4 Å². The van der Waals surface area contributed by atoms with Gasteiger partial charge in [0.15, 0.2) is 11.5 Å². The Bertz CT molecular complexity index is 1060. The zero-order chi connectivity index (χ0) is 22.8. The Kier molecular flexibility index (Phi) is 5.87. The van der Waals surface area contributed by atoms with Gasteiger partial charge in [-0.25, -0.2) is 4.79 Å². The first-order valence-electron chi connectivity index (χ1n) is 11.2. The van der Waals surface area contributed by atoms with Crippen molar-refractivity contribution >= 4 is 23.5 Å². The SMILES string of the molecule is O=C(CN1C(=O)N(Cc2ccccc2)C(=O)C2NCCCC21)Nc1ccc2c(c1)OCCO2. The molecule has 9 heteroatoms. The van der Waals surface area contributed by atoms with Crippen molar-refractivity contribution in [1.82, 2.24) is 15.1 Å². The van der Waals surface area contributed by atoms with Crippen LogP contribution in [0.1, 0.15) is 18.4 Å². The van der Waals surface area contributed by atoms with Crippen LogP contribution < -0.4 is 20.1 Å². The van der Waals surface area contributed by atoms with Crippen molar-refractivity contribution in [2.45, 2.75) is 31.5 Å². The number of anilines is 1. The van der Waals surface area contributed by atoms with Crippen molar-refractivity contribution in [3.8, 4) is 11.5 Å². The molecule has 0 bridgehead atoms. The predicted molar refractivity (Wildman–Crippen MR) is 120 cm³/mol. The van der Waals surface area contributed by atoms with Crippen molar-refractivity contribution in [3.05, 3.63) is 54.1 Å². The summed E-state index contributed by atoms with van der Waals surface area (Å²) in [4.78, 5) is 42.2. The number of carbonyl (C=O) groups excluding carboxylic acids is 3. The summed E-state index contributed by atoms with van der Waals surface area (Å²) in [6.45, 7) is 1.68. The molecule has 2 atom stereocenters. The van der Waals surface area contributed by atoms with E-state index in [1.165, 1.54) is 9.80 Å². The van der Waals surface area contributed by atoms with Crippen LogP contribution in [-0.4, -0.2) is 66.0 Å². The summed E-state index contributed by atoms with van der Waals surface area (Å²) in [6.07, 6.45) is 1.51. The van der Waals surface area contributed by atoms with Gasteiger partial charge in [-0.2, -0.15) is 0 Å². The lowest BCUT2D eigenvalue weighted by Crippen LogP contribution is -2.70. The molecule has 9 nitrogen and oxygen atoms in total. The molecule has 2 fully saturated rings. The Balaban J connectivity index is 1.33. The number of hydrogen-bond acceptors (Lipinski definition) is 6. The molecule has 33 heavy (non-hydrogen) atoms. The standard InChI is InChI=1S/C24H26N4O5/c29-21(26-17-8-9-19-20(13-17)33-12-11-32-19)15-27-18-7-4-10-25-22(18)23(30)28(24(27)31)14-16-5-2-1-3-6-16/h1-3,5-6,8-9,13,18,22,25H,4,7,10-12,14-15H2,(H,26,29). The number of urea groups is 1. The predicted octanol–water partition coefficient (Wildman–Crippen LogP) is 1.98. The Labute approximate surface area is 191 Å². The van der Waals surface area contributed by atoms with Crippen LogP contribution in [0.4, 0.5) is 10.5 Å². The van der Waals surface area contributed by atoms with Crippen LogP contribution in [0.3, 0.4) is 0 Å². The summed E-state index contributed by atoms with van der Waals surface area (Å²) < 4.78 is 11.1. The Morgan fingerprint density at radius 3 is 2.67 bits per heavy atom. The van der Waals surface area contributed by atoms with Gasteiger partial charge in [0, 0.05) is 11.8 Å². The molecule has 3 aliphatic heterocycles. The number of hydrogen-bond donors (Lipinski definition) is 2. The zero-order valence-electron chi connectivity index (χ0n) is 18.2. The minimum Gasteiger partial charge on any atom is -0.486 e. The smallest absolute Gasteiger partial charge is 0.327 e. The summed E-state index contributed by atoms with van der Waals surface area (Å²) in [5.41, 5.74) is 1.42. The molecule has 2 aromatic rings. The van der Waals surface area contributed by atoms with Crippen LogP contribution in [0, 0.1) is 0 Å². The molecular weight excluding hydrogens is 424 g/mol. The van der Waals surface area contributed by atoms with Gasteiger partial charge in [0.05, 0.1) is 12.6 Å². The highest BCUT2D eigenvalue weighted by Crippen LogP contribution is 2.33. The van der Waals surface area contributed by atoms with E-state index in [0.717, 1.165) is 12.0 Å². The van der Waals surface area contributed by atoms with Gasteiger partial charge < -0.3 is 25.0 Å². The largest absolute Gasteiger partial charge is 0.486 e. The lowest BCUT2D eigenvalue weighted by atomic mass is 9.93. The number of nitrogens with zero attached hydrogens (tertiary/aromatic N) is 2. The Hall–Kier alpha value is -3.59. The number of carbonyl (C=O) groups is 3. The maximum Gasteiger partial charge on any atom is 0.327 e. The second-order valence-corrected chi connectivity index (χ2v) is 8.37. The third-order valence-electron chi connectivity index (χ3n) is 6.16. The fourth-order valence-corrected chi connectivity index (χ4v) is 4.59. The average molecular weight is 450 g/mol. The maximum absolute atomic E-state index is 13.4. The summed E-state index contributed by atoms with van der Waals surface area (Å²) in [5.74, 6) is 0.635. The summed E-state index contributed by atoms with van der Waals surface area (Å²) in [5, 5.41) is 6.09. The fourth-order valence-electron chi connectivity index (χ4n) is 4.59. The molecule has 2 saturated heterocycles. The van der Waals surface area contributed by atoms with Crippen LogP contribution in [0.5, 0.6) is 11.5 Å². The molecule has 0 aromatic heterocycles. The molecule has 2 unspecified atom stereocenters. The highest BCUT2D eigenvalue weighted by atomic mass is 16.6. The number of piperidine rings is 1. The fraction of sp³-hybridized carbons (Fsp3) is 0.375. The molecule has 2 N–H and O–H groups in total. The van der Waals surface area contributed by atoms with Crippen molar-refractivity contribution in [3.63, 3.8) is 0 Å². The first kappa shape index (κ1) is 21.3. The van der Waals surface area contributed by atoms with E-state index in [4.69, 9.17) is 9.47 Å². The van der Waals surface area contributed by atoms with Gasteiger partial charge in [0.25, 0.3) is 0 Å². The highest BCUT2D eigenvalue weighted by Gasteiger charge is 2.47. The van der Waals surface area contributed by atoms with Gasteiger partial charge >= 0.3 is 6.03 Å². The van der Waals surface area contributed by atoms with E-state index < -0.39 is 12.1 Å². The molecule has 3 heterocycles. The number of amides is 4. The minimum atomic E-state index is -0.512. The summed E-state index contributed by atoms with van der Waals surface area (Å²) in [7, 11) is 0. The van der Waals surface area contributed by atoms with E-state index in [-0.39, 0.29) is 30.9 Å². The second-order valence-electron chi connectivity index (χ2n) is 8.37. The van der Waals surface area contributed by atoms with Crippen molar-refractivity contribution in [2.24, 2.45) is 0 Å². The number of rotatable bonds is 5. The topological polar surface area (TPSA) is 100 Å². The van der Waals surface area contributed by atoms with Crippen LogP contribution in [0.2, 0.25) is 0 Å². The molecular formula is C24H26N4O5. The first-order chi connectivity index (χ1) is 16.1. The van der Waals surface area contributed by atoms with Gasteiger partial charge in [-0.15, -0.1) is 0 Å². The normalized spacial score (nSPS) is 22.1. The lowest BCUT2D eigenvalue weighted by molar-refractivity contribution is -0.138. The molecule has 0 spiro atoms. The third-order valence-corrected chi connectivity index (χ3v) is 6.16. The molecule has 0 radical (unpaired) electrons. The van der Waals surface area contributed by atoms with Crippen LogP contribution in [-0.2, 0) is 16.1 Å². The van der Waals surface area contributed by atoms with E-state index in [2.05, 4.69) is 10.6 Å². The number of nitrogens with one attached hydrogen (secondary N) is 2. The van der Waals surface area contributed by atoms with Gasteiger partial charge in [0.2, 0.25) is 11.8 Å². The second kappa shape index (κ2) is 9.11. The van der Waals surface area contributed by atoms with Crippen molar-refractivity contribution in [1.29, 1.82) is 0 Å². The minimum absolute atomic E-state index is 0.144. The molecule has 0 saturated carbocycles. The zero-order valence-corrected chi connectivity index (χ0v) is 18.2.